The molecule has 4 rings (SSSR count). The number of aryl methyl sites for hydroxylation is 1. The van der Waals surface area contributed by atoms with E-state index in [0.717, 1.165) is 54.6 Å². The number of rotatable bonds is 5. The van der Waals surface area contributed by atoms with Gasteiger partial charge in [-0.3, -0.25) is 14.0 Å². The van der Waals surface area contributed by atoms with Crippen LogP contribution in [-0.2, 0) is 17.8 Å². The first-order chi connectivity index (χ1) is 12.2. The second-order valence-electron chi connectivity index (χ2n) is 6.72. The molecule has 1 amide bonds. The quantitative estimate of drug-likeness (QED) is 0.762. The lowest BCUT2D eigenvalue weighted by molar-refractivity contribution is -0.122. The number of nitrogens with one attached hydrogen (secondary N) is 1. The molecule has 1 saturated carbocycles. The highest BCUT2D eigenvalue weighted by molar-refractivity contribution is 7.16. The maximum atomic E-state index is 12.8. The fourth-order valence-electron chi connectivity index (χ4n) is 3.67. The van der Waals surface area contributed by atoms with Crippen molar-refractivity contribution in [2.75, 3.05) is 0 Å². The monoisotopic (exact) mass is 358 g/mol. The predicted octanol–water partition coefficient (Wildman–Crippen LogP) is 2.72. The summed E-state index contributed by atoms with van der Waals surface area (Å²) in [5.74, 6) is 0.713. The number of thiophene rings is 1. The number of aromatic nitrogens is 3. The Morgan fingerprint density at radius 3 is 2.96 bits per heavy atom. The highest BCUT2D eigenvalue weighted by Crippen LogP contribution is 2.25. The highest BCUT2D eigenvalue weighted by Gasteiger charge is 2.19. The molecular weight excluding hydrogens is 336 g/mol. The normalized spacial score (nSPS) is 15.4. The van der Waals surface area contributed by atoms with Crippen LogP contribution >= 0.6 is 11.3 Å². The van der Waals surface area contributed by atoms with Crippen LogP contribution in [-0.4, -0.2) is 26.1 Å². The zero-order chi connectivity index (χ0) is 17.4. The fourth-order valence-corrected chi connectivity index (χ4v) is 4.59. The molecule has 1 fully saturated rings. The Morgan fingerprint density at radius 2 is 2.20 bits per heavy atom. The van der Waals surface area contributed by atoms with Gasteiger partial charge in [-0.2, -0.15) is 5.10 Å². The van der Waals surface area contributed by atoms with Crippen molar-refractivity contribution in [3.63, 3.8) is 0 Å². The van der Waals surface area contributed by atoms with Gasteiger partial charge in [0, 0.05) is 17.8 Å². The molecule has 0 bridgehead atoms. The summed E-state index contributed by atoms with van der Waals surface area (Å²) in [5.41, 5.74) is 0.402. The standard InChI is InChI=1S/C18H22N4O2S/c1-2-5-15-20-21(11-16(23)19-13-6-3-4-7-13)17(24)14-10-12-8-9-25-18(12)22(14)15/h8-10,13H,2-7,11H2,1H3,(H,19,23). The Morgan fingerprint density at radius 1 is 1.40 bits per heavy atom. The lowest BCUT2D eigenvalue weighted by Crippen LogP contribution is -2.39. The molecular formula is C18H22N4O2S. The number of hydrogen-bond donors (Lipinski definition) is 1. The first-order valence-corrected chi connectivity index (χ1v) is 9.83. The maximum absolute atomic E-state index is 12.8. The van der Waals surface area contributed by atoms with Crippen molar-refractivity contribution in [2.24, 2.45) is 0 Å². The van der Waals surface area contributed by atoms with E-state index in [9.17, 15) is 9.59 Å². The minimum atomic E-state index is -0.204. The van der Waals surface area contributed by atoms with Gasteiger partial charge in [0.05, 0.1) is 0 Å². The number of carbonyl (C=O) groups is 1. The Bertz CT molecular complexity index is 978. The average molecular weight is 358 g/mol. The summed E-state index contributed by atoms with van der Waals surface area (Å²) >= 11 is 1.61. The van der Waals surface area contributed by atoms with Gasteiger partial charge >= 0.3 is 0 Å². The molecule has 0 atom stereocenters. The third-order valence-corrected chi connectivity index (χ3v) is 5.76. The Labute approximate surface area is 149 Å². The van der Waals surface area contributed by atoms with Gasteiger partial charge in [-0.25, -0.2) is 4.68 Å². The predicted molar refractivity (Wildman–Crippen MR) is 99.2 cm³/mol. The van der Waals surface area contributed by atoms with E-state index in [2.05, 4.69) is 17.3 Å². The third-order valence-electron chi connectivity index (χ3n) is 4.85. The maximum Gasteiger partial charge on any atom is 0.291 e. The van der Waals surface area contributed by atoms with Crippen molar-refractivity contribution in [2.45, 2.75) is 58.0 Å². The first-order valence-electron chi connectivity index (χ1n) is 8.95. The number of hydrogen-bond acceptors (Lipinski definition) is 4. The third kappa shape index (κ3) is 2.97. The summed E-state index contributed by atoms with van der Waals surface area (Å²) in [7, 11) is 0. The van der Waals surface area contributed by atoms with Crippen LogP contribution in [0.15, 0.2) is 22.3 Å². The van der Waals surface area contributed by atoms with Crippen LogP contribution < -0.4 is 10.9 Å². The number of nitrogens with zero attached hydrogens (tertiary/aromatic N) is 3. The molecule has 132 valence electrons. The van der Waals surface area contributed by atoms with E-state index in [-0.39, 0.29) is 24.1 Å². The Kier molecular flexibility index (Phi) is 4.33. The van der Waals surface area contributed by atoms with Crippen molar-refractivity contribution in [1.82, 2.24) is 19.5 Å². The minimum absolute atomic E-state index is 0.0125. The van der Waals surface area contributed by atoms with Gasteiger partial charge in [-0.1, -0.05) is 19.8 Å². The van der Waals surface area contributed by atoms with Crippen LogP contribution in [0.1, 0.15) is 44.9 Å². The molecule has 0 spiro atoms. The number of carbonyl (C=O) groups excluding carboxylic acids is 1. The minimum Gasteiger partial charge on any atom is -0.352 e. The van der Waals surface area contributed by atoms with Gasteiger partial charge in [-0.05, 0) is 36.8 Å². The van der Waals surface area contributed by atoms with Crippen LogP contribution in [0.2, 0.25) is 0 Å². The summed E-state index contributed by atoms with van der Waals surface area (Å²) in [6.07, 6.45) is 6.09. The second kappa shape index (κ2) is 6.63. The molecule has 1 aliphatic carbocycles. The highest BCUT2D eigenvalue weighted by atomic mass is 32.1. The van der Waals surface area contributed by atoms with E-state index in [1.165, 1.54) is 4.68 Å². The second-order valence-corrected chi connectivity index (χ2v) is 7.62. The first kappa shape index (κ1) is 16.3. The molecule has 1 aliphatic rings. The van der Waals surface area contributed by atoms with E-state index in [1.807, 2.05) is 21.9 Å². The van der Waals surface area contributed by atoms with Crippen LogP contribution in [0.3, 0.4) is 0 Å². The Balaban J connectivity index is 1.72. The average Bonchev–Trinajstić information content (AvgIpc) is 3.28. The molecule has 3 aromatic heterocycles. The van der Waals surface area contributed by atoms with E-state index in [4.69, 9.17) is 0 Å². The molecule has 3 heterocycles. The van der Waals surface area contributed by atoms with Gasteiger partial charge < -0.3 is 5.32 Å². The smallest absolute Gasteiger partial charge is 0.291 e. The molecule has 0 radical (unpaired) electrons. The SMILES string of the molecule is CCCc1nn(CC(=O)NC2CCCC2)c(=O)c2cc3ccsc3n12. The van der Waals surface area contributed by atoms with E-state index < -0.39 is 0 Å². The van der Waals surface area contributed by atoms with Gasteiger partial charge in [-0.15, -0.1) is 11.3 Å². The molecule has 0 aromatic carbocycles. The van der Waals surface area contributed by atoms with Crippen molar-refractivity contribution >= 4 is 33.0 Å². The number of fused-ring (bicyclic) bond motifs is 3. The van der Waals surface area contributed by atoms with Gasteiger partial charge in [0.2, 0.25) is 5.91 Å². The fraction of sp³-hybridized carbons (Fsp3) is 0.500. The van der Waals surface area contributed by atoms with Gasteiger partial charge in [0.1, 0.15) is 22.7 Å². The van der Waals surface area contributed by atoms with Crippen LogP contribution in [0.4, 0.5) is 0 Å². The Hall–Kier alpha value is -2.15. The van der Waals surface area contributed by atoms with Gasteiger partial charge in [0.15, 0.2) is 0 Å². The zero-order valence-corrected chi connectivity index (χ0v) is 15.1. The molecule has 6 nitrogen and oxygen atoms in total. The van der Waals surface area contributed by atoms with Crippen LogP contribution in [0, 0.1) is 0 Å². The summed E-state index contributed by atoms with van der Waals surface area (Å²) in [4.78, 5) is 26.2. The largest absolute Gasteiger partial charge is 0.352 e. The zero-order valence-electron chi connectivity index (χ0n) is 14.3. The molecule has 25 heavy (non-hydrogen) atoms. The van der Waals surface area contributed by atoms with Crippen LogP contribution in [0.25, 0.3) is 15.7 Å². The molecule has 3 aromatic rings. The lowest BCUT2D eigenvalue weighted by Gasteiger charge is -2.13. The van der Waals surface area contributed by atoms with Crippen molar-refractivity contribution < 1.29 is 4.79 Å². The number of amides is 1. The molecule has 0 saturated heterocycles. The summed E-state index contributed by atoms with van der Waals surface area (Å²) in [5, 5.41) is 10.6. The summed E-state index contributed by atoms with van der Waals surface area (Å²) in [6, 6.07) is 4.17. The van der Waals surface area contributed by atoms with E-state index in [0.29, 0.717) is 5.52 Å². The lowest BCUT2D eigenvalue weighted by atomic mass is 10.2. The van der Waals surface area contributed by atoms with Gasteiger partial charge in [0.25, 0.3) is 5.56 Å². The summed E-state index contributed by atoms with van der Waals surface area (Å²) in [6.45, 7) is 2.08. The van der Waals surface area contributed by atoms with Crippen molar-refractivity contribution in [3.05, 3.63) is 33.7 Å². The van der Waals surface area contributed by atoms with Crippen molar-refractivity contribution in [3.8, 4) is 0 Å². The molecule has 0 unspecified atom stereocenters. The molecule has 1 N–H and O–H groups in total. The van der Waals surface area contributed by atoms with E-state index >= 15 is 0 Å². The van der Waals surface area contributed by atoms with E-state index in [1.54, 1.807) is 11.3 Å². The molecule has 0 aliphatic heterocycles. The van der Waals surface area contributed by atoms with Crippen LogP contribution in [0.5, 0.6) is 0 Å². The summed E-state index contributed by atoms with van der Waals surface area (Å²) < 4.78 is 3.28. The van der Waals surface area contributed by atoms with Crippen molar-refractivity contribution in [1.29, 1.82) is 0 Å². The topological polar surface area (TPSA) is 68.4 Å². The molecule has 7 heteroatoms.